The summed E-state index contributed by atoms with van der Waals surface area (Å²) < 4.78 is 0. The van der Waals surface area contributed by atoms with Crippen LogP contribution in [0, 0.1) is 11.8 Å². The number of anilines is 1. The van der Waals surface area contributed by atoms with Crippen molar-refractivity contribution in [2.45, 2.75) is 58.7 Å². The third-order valence-corrected chi connectivity index (χ3v) is 6.05. The van der Waals surface area contributed by atoms with Crippen molar-refractivity contribution in [3.63, 3.8) is 0 Å². The predicted octanol–water partition coefficient (Wildman–Crippen LogP) is 4.16. The molecule has 2 unspecified atom stereocenters. The lowest BCUT2D eigenvalue weighted by Gasteiger charge is -2.26. The number of aliphatic hydroxyl groups is 1. The molecule has 1 heterocycles. The number of hydrogen-bond acceptors (Lipinski definition) is 4. The van der Waals surface area contributed by atoms with Crippen LogP contribution in [-0.2, 0) is 9.59 Å². The van der Waals surface area contributed by atoms with Crippen molar-refractivity contribution in [3.8, 4) is 0 Å². The average molecular weight is 450 g/mol. The molecule has 0 radical (unpaired) electrons. The van der Waals surface area contributed by atoms with Gasteiger partial charge in [-0.2, -0.15) is 0 Å². The van der Waals surface area contributed by atoms with Gasteiger partial charge in [-0.1, -0.05) is 82.1 Å². The Morgan fingerprint density at radius 1 is 1.12 bits per heavy atom. The highest BCUT2D eigenvalue weighted by molar-refractivity contribution is 6.20. The Morgan fingerprint density at radius 2 is 1.79 bits per heavy atom. The fourth-order valence-electron chi connectivity index (χ4n) is 4.25. The smallest absolute Gasteiger partial charge is 0.272 e. The molecule has 0 bridgehead atoms. The maximum absolute atomic E-state index is 13.3. The van der Waals surface area contributed by atoms with Gasteiger partial charge in [-0.3, -0.25) is 9.59 Å². The van der Waals surface area contributed by atoms with E-state index in [9.17, 15) is 14.7 Å². The monoisotopic (exact) mass is 449 g/mol. The van der Waals surface area contributed by atoms with Crippen molar-refractivity contribution in [1.29, 1.82) is 0 Å². The molecule has 0 aromatic heterocycles. The number of fused-ring (bicyclic) bond motifs is 1. The second-order valence-electron chi connectivity index (χ2n) is 9.11. The lowest BCUT2D eigenvalue weighted by molar-refractivity contribution is -0.133. The van der Waals surface area contributed by atoms with Crippen LogP contribution in [0.2, 0.25) is 0 Å². The molecule has 1 aliphatic rings. The van der Waals surface area contributed by atoms with Crippen LogP contribution in [0.25, 0.3) is 0 Å². The van der Waals surface area contributed by atoms with E-state index in [-0.39, 0.29) is 17.7 Å². The lowest BCUT2D eigenvalue weighted by atomic mass is 9.88. The fraction of sp³-hybridized carbons (Fsp3) is 0.444. The first kappa shape index (κ1) is 24.6. The van der Waals surface area contributed by atoms with E-state index in [2.05, 4.69) is 12.2 Å². The van der Waals surface area contributed by atoms with Gasteiger partial charge in [0.1, 0.15) is 0 Å². The summed E-state index contributed by atoms with van der Waals surface area (Å²) in [5.74, 6) is -0.998. The molecule has 33 heavy (non-hydrogen) atoms. The Morgan fingerprint density at radius 3 is 2.45 bits per heavy atom. The lowest BCUT2D eigenvalue weighted by Crippen LogP contribution is -2.49. The van der Waals surface area contributed by atoms with Gasteiger partial charge in [-0.25, -0.2) is 4.99 Å². The van der Waals surface area contributed by atoms with Gasteiger partial charge in [-0.15, -0.1) is 0 Å². The number of aliphatic imine (C=N–C) groups is 1. The molecule has 2 amide bonds. The van der Waals surface area contributed by atoms with Crippen molar-refractivity contribution < 1.29 is 14.7 Å². The zero-order valence-electron chi connectivity index (χ0n) is 20.0. The SMILES string of the molecule is CCCCC(O)C(CC(C)C)C(=O)N[C@@H]1N=C(c2ccccc2)c2ccccc2N(C)C1=O. The van der Waals surface area contributed by atoms with Gasteiger partial charge in [0.25, 0.3) is 5.91 Å². The Kier molecular flexibility index (Phi) is 8.39. The van der Waals surface area contributed by atoms with Gasteiger partial charge in [0.05, 0.1) is 23.4 Å². The van der Waals surface area contributed by atoms with Crippen LogP contribution in [0.3, 0.4) is 0 Å². The molecule has 0 spiro atoms. The summed E-state index contributed by atoms with van der Waals surface area (Å²) in [6.07, 6.45) is 1.08. The third-order valence-electron chi connectivity index (χ3n) is 6.05. The summed E-state index contributed by atoms with van der Waals surface area (Å²) >= 11 is 0. The van der Waals surface area contributed by atoms with Crippen LogP contribution in [0.5, 0.6) is 0 Å². The summed E-state index contributed by atoms with van der Waals surface area (Å²) in [7, 11) is 1.70. The molecule has 3 rings (SSSR count). The minimum Gasteiger partial charge on any atom is -0.392 e. The van der Waals surface area contributed by atoms with E-state index < -0.39 is 18.2 Å². The number of para-hydroxylation sites is 1. The first-order chi connectivity index (χ1) is 15.8. The molecule has 2 aromatic rings. The van der Waals surface area contributed by atoms with Gasteiger partial charge in [0.2, 0.25) is 12.1 Å². The first-order valence-electron chi connectivity index (χ1n) is 11.8. The Labute approximate surface area is 196 Å². The Hall–Kier alpha value is -2.99. The number of rotatable bonds is 9. The summed E-state index contributed by atoms with van der Waals surface area (Å²) in [5.41, 5.74) is 3.09. The normalized spacial score (nSPS) is 17.8. The minimum absolute atomic E-state index is 0.233. The highest BCUT2D eigenvalue weighted by Gasteiger charge is 2.34. The number of likely N-dealkylation sites (N-methyl/N-ethyl adjacent to an activating group) is 1. The number of nitrogens with one attached hydrogen (secondary N) is 1. The van der Waals surface area contributed by atoms with Crippen LogP contribution in [0.4, 0.5) is 5.69 Å². The quantitative estimate of drug-likeness (QED) is 0.603. The topological polar surface area (TPSA) is 82.0 Å². The molecule has 3 atom stereocenters. The summed E-state index contributed by atoms with van der Waals surface area (Å²) in [6, 6.07) is 17.3. The number of aliphatic hydroxyl groups excluding tert-OH is 1. The number of amides is 2. The highest BCUT2D eigenvalue weighted by Crippen LogP contribution is 2.27. The second kappa shape index (κ2) is 11.2. The molecule has 2 N–H and O–H groups in total. The number of benzodiazepines with no additional fused rings is 1. The summed E-state index contributed by atoms with van der Waals surface area (Å²) in [4.78, 5) is 33.0. The highest BCUT2D eigenvalue weighted by atomic mass is 16.3. The van der Waals surface area contributed by atoms with Gasteiger partial charge in [0.15, 0.2) is 0 Å². The maximum Gasteiger partial charge on any atom is 0.272 e. The molecule has 0 aliphatic carbocycles. The van der Waals surface area contributed by atoms with Crippen LogP contribution >= 0.6 is 0 Å². The van der Waals surface area contributed by atoms with E-state index >= 15 is 0 Å². The molecule has 0 saturated carbocycles. The molecule has 0 saturated heterocycles. The number of carbonyl (C=O) groups excluding carboxylic acids is 2. The second-order valence-corrected chi connectivity index (χ2v) is 9.11. The maximum atomic E-state index is 13.3. The van der Waals surface area contributed by atoms with Gasteiger partial charge in [0, 0.05) is 18.2 Å². The largest absolute Gasteiger partial charge is 0.392 e. The number of benzene rings is 2. The van der Waals surface area contributed by atoms with Gasteiger partial charge < -0.3 is 15.3 Å². The molecule has 6 nitrogen and oxygen atoms in total. The Bertz CT molecular complexity index is 987. The minimum atomic E-state index is -1.07. The molecular formula is C27H35N3O3. The number of unbranched alkanes of at least 4 members (excludes halogenated alkanes) is 1. The van der Waals surface area contributed by atoms with E-state index in [1.165, 1.54) is 0 Å². The number of hydrogen-bond donors (Lipinski definition) is 2. The molecule has 0 fully saturated rings. The van der Waals surface area contributed by atoms with Crippen LogP contribution in [0.15, 0.2) is 59.6 Å². The molecule has 6 heteroatoms. The molecular weight excluding hydrogens is 414 g/mol. The van der Waals surface area contributed by atoms with E-state index in [4.69, 9.17) is 4.99 Å². The Balaban J connectivity index is 1.97. The van der Waals surface area contributed by atoms with Crippen molar-refractivity contribution in [1.82, 2.24) is 5.32 Å². The molecule has 1 aliphatic heterocycles. The molecule has 2 aromatic carbocycles. The van der Waals surface area contributed by atoms with Gasteiger partial charge in [-0.05, 0) is 24.8 Å². The standard InChI is InChI=1S/C27H35N3O3/c1-5-6-16-23(31)21(17-18(2)3)26(32)29-25-27(33)30(4)22-15-11-10-14-20(22)24(28-25)19-12-8-7-9-13-19/h7-15,18,21,23,25,31H,5-6,16-17H2,1-4H3,(H,29,32)/t21?,23?,25-/m0/s1. The van der Waals surface area contributed by atoms with Crippen LogP contribution in [0.1, 0.15) is 57.6 Å². The molecule has 176 valence electrons. The van der Waals surface area contributed by atoms with E-state index in [0.29, 0.717) is 18.6 Å². The zero-order valence-corrected chi connectivity index (χ0v) is 20.0. The van der Waals surface area contributed by atoms with E-state index in [1.54, 1.807) is 11.9 Å². The number of carbonyl (C=O) groups is 2. The summed E-state index contributed by atoms with van der Waals surface area (Å²) in [5, 5.41) is 13.6. The van der Waals surface area contributed by atoms with Crippen LogP contribution < -0.4 is 10.2 Å². The van der Waals surface area contributed by atoms with E-state index in [1.807, 2.05) is 68.4 Å². The van der Waals surface area contributed by atoms with E-state index in [0.717, 1.165) is 29.7 Å². The van der Waals surface area contributed by atoms with Gasteiger partial charge >= 0.3 is 0 Å². The third kappa shape index (κ3) is 5.88. The van der Waals surface area contributed by atoms with Crippen molar-refractivity contribution in [3.05, 3.63) is 65.7 Å². The average Bonchev–Trinajstić information content (AvgIpc) is 2.92. The zero-order chi connectivity index (χ0) is 24.0. The van der Waals surface area contributed by atoms with Crippen molar-refractivity contribution >= 4 is 23.2 Å². The van der Waals surface area contributed by atoms with Crippen molar-refractivity contribution in [2.75, 3.05) is 11.9 Å². The first-order valence-corrected chi connectivity index (χ1v) is 11.8. The summed E-state index contributed by atoms with van der Waals surface area (Å²) in [6.45, 7) is 6.11. The number of nitrogens with zero attached hydrogens (tertiary/aromatic N) is 2. The fourth-order valence-corrected chi connectivity index (χ4v) is 4.25. The van der Waals surface area contributed by atoms with Crippen LogP contribution in [-0.4, -0.2) is 41.9 Å². The predicted molar refractivity (Wildman–Crippen MR) is 132 cm³/mol. The van der Waals surface area contributed by atoms with Crippen molar-refractivity contribution in [2.24, 2.45) is 16.8 Å².